The van der Waals surface area contributed by atoms with Crippen molar-refractivity contribution >= 4 is 33.7 Å². The summed E-state index contributed by atoms with van der Waals surface area (Å²) >= 11 is 3.31. The molecule has 1 N–H and O–H groups in total. The van der Waals surface area contributed by atoms with Gasteiger partial charge in [0.25, 0.3) is 5.91 Å². The highest BCUT2D eigenvalue weighted by atomic mass is 79.9. The standard InChI is InChI=1S/C15H17BrN2O4/c1-2-22-13(19)9-12-14(20)17-7-8-18(12)15(21)10-3-5-11(16)6-4-10/h3-6,12H,2,7-9H2,1H3,(H,17,20). The van der Waals surface area contributed by atoms with Crippen molar-refractivity contribution in [2.24, 2.45) is 0 Å². The molecular formula is C15H17BrN2O4. The lowest BCUT2D eigenvalue weighted by molar-refractivity contribution is -0.147. The van der Waals surface area contributed by atoms with E-state index in [4.69, 9.17) is 4.74 Å². The van der Waals surface area contributed by atoms with Crippen LogP contribution in [0.15, 0.2) is 28.7 Å². The molecule has 6 nitrogen and oxygen atoms in total. The van der Waals surface area contributed by atoms with Crippen LogP contribution >= 0.6 is 15.9 Å². The van der Waals surface area contributed by atoms with Crippen LogP contribution < -0.4 is 5.32 Å². The third-order valence-corrected chi connectivity index (χ3v) is 3.88. The van der Waals surface area contributed by atoms with Gasteiger partial charge in [-0.15, -0.1) is 0 Å². The zero-order chi connectivity index (χ0) is 16.1. The number of amides is 2. The van der Waals surface area contributed by atoms with Crippen LogP contribution in [-0.4, -0.2) is 48.4 Å². The predicted molar refractivity (Wildman–Crippen MR) is 83.2 cm³/mol. The molecule has 1 aromatic carbocycles. The Hall–Kier alpha value is -1.89. The summed E-state index contributed by atoms with van der Waals surface area (Å²) < 4.78 is 5.74. The number of piperazine rings is 1. The molecule has 1 aromatic rings. The molecule has 1 fully saturated rings. The molecule has 22 heavy (non-hydrogen) atoms. The first kappa shape index (κ1) is 16.5. The summed E-state index contributed by atoms with van der Waals surface area (Å²) in [6.07, 6.45) is -0.137. The Balaban J connectivity index is 2.17. The number of hydrogen-bond donors (Lipinski definition) is 1. The fraction of sp³-hybridized carbons (Fsp3) is 0.400. The number of ether oxygens (including phenoxy) is 1. The molecular weight excluding hydrogens is 352 g/mol. The van der Waals surface area contributed by atoms with Gasteiger partial charge in [-0.25, -0.2) is 0 Å². The van der Waals surface area contributed by atoms with Crippen LogP contribution in [0.3, 0.4) is 0 Å². The summed E-state index contributed by atoms with van der Waals surface area (Å²) in [5.41, 5.74) is 0.478. The maximum Gasteiger partial charge on any atom is 0.308 e. The molecule has 0 aliphatic carbocycles. The average Bonchev–Trinajstić information content (AvgIpc) is 2.49. The Morgan fingerprint density at radius 3 is 2.68 bits per heavy atom. The zero-order valence-corrected chi connectivity index (χ0v) is 13.8. The summed E-state index contributed by atoms with van der Waals surface area (Å²) in [6, 6.07) is 6.06. The third kappa shape index (κ3) is 3.85. The van der Waals surface area contributed by atoms with E-state index in [1.807, 2.05) is 0 Å². The van der Waals surface area contributed by atoms with Gasteiger partial charge in [-0.1, -0.05) is 15.9 Å². The Kier molecular flexibility index (Phi) is 5.54. The fourth-order valence-electron chi connectivity index (χ4n) is 2.30. The maximum atomic E-state index is 12.6. The largest absolute Gasteiger partial charge is 0.466 e. The number of rotatable bonds is 4. The van der Waals surface area contributed by atoms with Gasteiger partial charge in [0.2, 0.25) is 5.91 Å². The molecule has 1 saturated heterocycles. The Morgan fingerprint density at radius 1 is 1.36 bits per heavy atom. The molecule has 0 saturated carbocycles. The van der Waals surface area contributed by atoms with Crippen molar-refractivity contribution < 1.29 is 19.1 Å². The first-order chi connectivity index (χ1) is 10.5. The smallest absolute Gasteiger partial charge is 0.308 e. The second-order valence-electron chi connectivity index (χ2n) is 4.82. The molecule has 0 spiro atoms. The third-order valence-electron chi connectivity index (χ3n) is 3.35. The van der Waals surface area contributed by atoms with E-state index >= 15 is 0 Å². The predicted octanol–water partition coefficient (Wildman–Crippen LogP) is 1.34. The van der Waals surface area contributed by atoms with Crippen LogP contribution in [-0.2, 0) is 14.3 Å². The highest BCUT2D eigenvalue weighted by Crippen LogP contribution is 2.17. The lowest BCUT2D eigenvalue weighted by Gasteiger charge is -2.34. The van der Waals surface area contributed by atoms with Gasteiger partial charge in [0.05, 0.1) is 13.0 Å². The number of carbonyl (C=O) groups excluding carboxylic acids is 3. The van der Waals surface area contributed by atoms with Crippen LogP contribution in [0, 0.1) is 0 Å². The minimum atomic E-state index is -0.830. The molecule has 1 heterocycles. The SMILES string of the molecule is CCOC(=O)CC1C(=O)NCCN1C(=O)c1ccc(Br)cc1. The summed E-state index contributed by atoms with van der Waals surface area (Å²) in [5, 5.41) is 2.68. The van der Waals surface area contributed by atoms with E-state index in [-0.39, 0.29) is 24.8 Å². The second kappa shape index (κ2) is 7.40. The number of nitrogens with zero attached hydrogens (tertiary/aromatic N) is 1. The number of nitrogens with one attached hydrogen (secondary N) is 1. The summed E-state index contributed by atoms with van der Waals surface area (Å²) in [6.45, 7) is 2.68. The Morgan fingerprint density at radius 2 is 2.05 bits per heavy atom. The summed E-state index contributed by atoms with van der Waals surface area (Å²) in [7, 11) is 0. The number of benzene rings is 1. The Labute approximate surface area is 136 Å². The number of halogens is 1. The monoisotopic (exact) mass is 368 g/mol. The second-order valence-corrected chi connectivity index (χ2v) is 5.74. The van der Waals surface area contributed by atoms with Crippen molar-refractivity contribution in [3.63, 3.8) is 0 Å². The van der Waals surface area contributed by atoms with E-state index < -0.39 is 12.0 Å². The van der Waals surface area contributed by atoms with E-state index in [2.05, 4.69) is 21.2 Å². The molecule has 0 aromatic heterocycles. The minimum absolute atomic E-state index is 0.137. The van der Waals surface area contributed by atoms with Gasteiger partial charge in [-0.3, -0.25) is 14.4 Å². The molecule has 1 atom stereocenters. The first-order valence-electron chi connectivity index (χ1n) is 7.02. The lowest BCUT2D eigenvalue weighted by Crippen LogP contribution is -2.57. The quantitative estimate of drug-likeness (QED) is 0.813. The van der Waals surface area contributed by atoms with Gasteiger partial charge < -0.3 is 15.0 Å². The lowest BCUT2D eigenvalue weighted by atomic mass is 10.1. The highest BCUT2D eigenvalue weighted by molar-refractivity contribution is 9.10. The molecule has 0 radical (unpaired) electrons. The van der Waals surface area contributed by atoms with Gasteiger partial charge in [0, 0.05) is 23.1 Å². The molecule has 2 amide bonds. The maximum absolute atomic E-state index is 12.6. The first-order valence-corrected chi connectivity index (χ1v) is 7.82. The number of esters is 1. The summed E-state index contributed by atoms with van der Waals surface area (Å²) in [4.78, 5) is 37.7. The van der Waals surface area contributed by atoms with Gasteiger partial charge in [0.1, 0.15) is 6.04 Å². The molecule has 0 bridgehead atoms. The highest BCUT2D eigenvalue weighted by Gasteiger charge is 2.35. The van der Waals surface area contributed by atoms with Crippen LogP contribution in [0.1, 0.15) is 23.7 Å². The average molecular weight is 369 g/mol. The van der Waals surface area contributed by atoms with E-state index in [0.717, 1.165) is 4.47 Å². The fourth-order valence-corrected chi connectivity index (χ4v) is 2.56. The minimum Gasteiger partial charge on any atom is -0.466 e. The van der Waals surface area contributed by atoms with E-state index in [1.165, 1.54) is 4.90 Å². The molecule has 1 unspecified atom stereocenters. The van der Waals surface area contributed by atoms with Crippen molar-refractivity contribution in [1.29, 1.82) is 0 Å². The summed E-state index contributed by atoms with van der Waals surface area (Å²) in [5.74, 6) is -1.08. The van der Waals surface area contributed by atoms with E-state index in [0.29, 0.717) is 18.7 Å². The molecule has 2 rings (SSSR count). The van der Waals surface area contributed by atoms with Gasteiger partial charge in [-0.05, 0) is 31.2 Å². The molecule has 118 valence electrons. The van der Waals surface area contributed by atoms with Crippen molar-refractivity contribution in [1.82, 2.24) is 10.2 Å². The number of carbonyl (C=O) groups is 3. The van der Waals surface area contributed by atoms with Crippen LogP contribution in [0.25, 0.3) is 0 Å². The normalized spacial score (nSPS) is 17.8. The molecule has 7 heteroatoms. The van der Waals surface area contributed by atoms with Crippen LogP contribution in [0.5, 0.6) is 0 Å². The number of hydrogen-bond acceptors (Lipinski definition) is 4. The van der Waals surface area contributed by atoms with Gasteiger partial charge in [0.15, 0.2) is 0 Å². The zero-order valence-electron chi connectivity index (χ0n) is 12.2. The molecule has 1 aliphatic rings. The van der Waals surface area contributed by atoms with E-state index in [9.17, 15) is 14.4 Å². The van der Waals surface area contributed by atoms with Crippen LogP contribution in [0.4, 0.5) is 0 Å². The van der Waals surface area contributed by atoms with Crippen molar-refractivity contribution in [3.05, 3.63) is 34.3 Å². The van der Waals surface area contributed by atoms with Gasteiger partial charge in [-0.2, -0.15) is 0 Å². The van der Waals surface area contributed by atoms with E-state index in [1.54, 1.807) is 31.2 Å². The van der Waals surface area contributed by atoms with Crippen molar-refractivity contribution in [2.45, 2.75) is 19.4 Å². The topological polar surface area (TPSA) is 75.7 Å². The van der Waals surface area contributed by atoms with Crippen molar-refractivity contribution in [3.8, 4) is 0 Å². The van der Waals surface area contributed by atoms with Crippen LogP contribution in [0.2, 0.25) is 0 Å². The molecule has 1 aliphatic heterocycles. The van der Waals surface area contributed by atoms with Gasteiger partial charge >= 0.3 is 5.97 Å². The van der Waals surface area contributed by atoms with Crippen molar-refractivity contribution in [2.75, 3.05) is 19.7 Å². The Bertz CT molecular complexity index is 573.